The summed E-state index contributed by atoms with van der Waals surface area (Å²) >= 11 is 3.25. The molecule has 13 heteroatoms. The number of hydrogen-bond acceptors (Lipinski definition) is 6. The summed E-state index contributed by atoms with van der Waals surface area (Å²) in [7, 11) is -2.87. The fraction of sp³-hybridized carbons (Fsp3) is 0.158. The van der Waals surface area contributed by atoms with Crippen LogP contribution in [0.15, 0.2) is 56.2 Å². The normalized spacial score (nSPS) is 11.8. The lowest BCUT2D eigenvalue weighted by Crippen LogP contribution is -2.16. The number of alkyl halides is 3. The molecule has 3 aromatic rings. The second-order valence-corrected chi connectivity index (χ2v) is 8.93. The van der Waals surface area contributed by atoms with E-state index < -0.39 is 33.8 Å². The molecule has 0 atom stereocenters. The zero-order valence-electron chi connectivity index (χ0n) is 16.5. The summed E-state index contributed by atoms with van der Waals surface area (Å²) in [5, 5.41) is 2.30. The number of hydrogen-bond donors (Lipinski definition) is 2. The number of aromatic nitrogens is 1. The molecule has 170 valence electrons. The molecule has 0 fully saturated rings. The first-order valence-electron chi connectivity index (χ1n) is 8.73. The third kappa shape index (κ3) is 5.22. The Labute approximate surface area is 189 Å². The molecule has 0 saturated heterocycles. The van der Waals surface area contributed by atoms with Crippen LogP contribution in [0, 0.1) is 6.92 Å². The summed E-state index contributed by atoms with van der Waals surface area (Å²) < 4.78 is 76.8. The number of methoxy groups -OCH3 is 1. The van der Waals surface area contributed by atoms with Crippen molar-refractivity contribution >= 4 is 43.2 Å². The van der Waals surface area contributed by atoms with Crippen molar-refractivity contribution in [1.29, 1.82) is 0 Å². The van der Waals surface area contributed by atoms with E-state index >= 15 is 0 Å². The van der Waals surface area contributed by atoms with E-state index in [1.807, 2.05) is 0 Å². The number of ether oxygens (including phenoxy) is 1. The quantitative estimate of drug-likeness (QED) is 0.469. The molecule has 0 aliphatic rings. The number of rotatable bonds is 6. The molecule has 0 unspecified atom stereocenters. The Balaban J connectivity index is 1.90. The van der Waals surface area contributed by atoms with Crippen molar-refractivity contribution in [1.82, 2.24) is 4.98 Å². The van der Waals surface area contributed by atoms with Gasteiger partial charge in [0.15, 0.2) is 0 Å². The summed E-state index contributed by atoms with van der Waals surface area (Å²) in [6, 6.07) is 10.1. The fourth-order valence-corrected chi connectivity index (χ4v) is 4.13. The molecule has 0 radical (unpaired) electrons. The van der Waals surface area contributed by atoms with Crippen molar-refractivity contribution in [3.63, 3.8) is 0 Å². The third-order valence-corrected chi connectivity index (χ3v) is 5.98. The highest BCUT2D eigenvalue weighted by Gasteiger charge is 2.39. The number of carbonyl (C=O) groups is 1. The maximum atomic E-state index is 12.9. The van der Waals surface area contributed by atoms with Crippen LogP contribution in [-0.2, 0) is 16.2 Å². The molecule has 2 aromatic carbocycles. The van der Waals surface area contributed by atoms with Gasteiger partial charge in [-0.05, 0) is 49.4 Å². The van der Waals surface area contributed by atoms with Gasteiger partial charge in [0.25, 0.3) is 15.9 Å². The summed E-state index contributed by atoms with van der Waals surface area (Å²) in [5.41, 5.74) is -0.00826. The highest BCUT2D eigenvalue weighted by atomic mass is 79.9. The number of halogens is 4. The molecule has 3 rings (SSSR count). The van der Waals surface area contributed by atoms with E-state index in [-0.39, 0.29) is 27.7 Å². The number of nitrogens with zero attached hydrogens (tertiary/aromatic N) is 1. The van der Waals surface area contributed by atoms with Gasteiger partial charge in [-0.15, -0.1) is 0 Å². The lowest BCUT2D eigenvalue weighted by Gasteiger charge is -2.13. The van der Waals surface area contributed by atoms with Gasteiger partial charge < -0.3 is 14.5 Å². The van der Waals surface area contributed by atoms with E-state index in [2.05, 4.69) is 35.4 Å². The largest absolute Gasteiger partial charge is 0.495 e. The minimum atomic E-state index is -4.86. The van der Waals surface area contributed by atoms with Crippen LogP contribution in [0.1, 0.15) is 22.1 Å². The Bertz CT molecular complexity index is 1260. The minimum absolute atomic E-state index is 0.0113. The van der Waals surface area contributed by atoms with Gasteiger partial charge in [0.2, 0.25) is 5.76 Å². The van der Waals surface area contributed by atoms with Crippen LogP contribution in [0.25, 0.3) is 0 Å². The second-order valence-electron chi connectivity index (χ2n) is 6.36. The molecule has 0 bridgehead atoms. The maximum Gasteiger partial charge on any atom is 0.468 e. The first kappa shape index (κ1) is 23.6. The van der Waals surface area contributed by atoms with Gasteiger partial charge in [-0.1, -0.05) is 15.9 Å². The molecule has 1 heterocycles. The standard InChI is InChI=1S/C19H15BrF3N3O5S/c1-10-16(31-18(24-10)19(21,22)23)17(27)25-13-7-8-14(30-2)15(9-13)32(28,29)26-12-5-3-11(20)4-6-12/h3-9,26H,1-2H3,(H,25,27). The van der Waals surface area contributed by atoms with Crippen molar-refractivity contribution in [3.05, 3.63) is 64.3 Å². The number of carbonyl (C=O) groups excluding carboxylic acids is 1. The van der Waals surface area contributed by atoms with Crippen LogP contribution >= 0.6 is 15.9 Å². The second kappa shape index (κ2) is 8.82. The van der Waals surface area contributed by atoms with Crippen molar-refractivity contribution in [3.8, 4) is 5.75 Å². The van der Waals surface area contributed by atoms with E-state index in [1.165, 1.54) is 38.3 Å². The maximum absolute atomic E-state index is 12.9. The van der Waals surface area contributed by atoms with Crippen LogP contribution in [-0.4, -0.2) is 26.4 Å². The Morgan fingerprint density at radius 3 is 2.31 bits per heavy atom. The summed E-state index contributed by atoms with van der Waals surface area (Å²) in [5.74, 6) is -3.25. The number of benzene rings is 2. The summed E-state index contributed by atoms with van der Waals surface area (Å²) in [4.78, 5) is 15.3. The number of nitrogens with one attached hydrogen (secondary N) is 2. The summed E-state index contributed by atoms with van der Waals surface area (Å²) in [6.45, 7) is 1.18. The molecule has 8 nitrogen and oxygen atoms in total. The average Bonchev–Trinajstić information content (AvgIpc) is 3.12. The van der Waals surface area contributed by atoms with Gasteiger partial charge >= 0.3 is 12.1 Å². The third-order valence-electron chi connectivity index (χ3n) is 4.05. The molecular weight excluding hydrogens is 519 g/mol. The minimum Gasteiger partial charge on any atom is -0.495 e. The molecule has 1 aromatic heterocycles. The molecular formula is C19H15BrF3N3O5S. The summed E-state index contributed by atoms with van der Waals surface area (Å²) in [6.07, 6.45) is -4.86. The van der Waals surface area contributed by atoms with Crippen LogP contribution in [0.3, 0.4) is 0 Å². The first-order chi connectivity index (χ1) is 14.9. The Hall–Kier alpha value is -3.06. The van der Waals surface area contributed by atoms with Gasteiger partial charge in [-0.2, -0.15) is 13.2 Å². The molecule has 0 aliphatic carbocycles. The fourth-order valence-electron chi connectivity index (χ4n) is 2.61. The molecule has 0 aliphatic heterocycles. The average molecular weight is 534 g/mol. The first-order valence-corrected chi connectivity index (χ1v) is 11.0. The van der Waals surface area contributed by atoms with E-state index in [0.29, 0.717) is 0 Å². The monoisotopic (exact) mass is 533 g/mol. The van der Waals surface area contributed by atoms with Gasteiger partial charge in [0, 0.05) is 15.8 Å². The highest BCUT2D eigenvalue weighted by molar-refractivity contribution is 9.10. The molecule has 32 heavy (non-hydrogen) atoms. The van der Waals surface area contributed by atoms with E-state index in [4.69, 9.17) is 4.74 Å². The predicted octanol–water partition coefficient (Wildman–Crippen LogP) is 4.83. The Morgan fingerprint density at radius 1 is 1.12 bits per heavy atom. The molecule has 1 amide bonds. The molecule has 0 saturated carbocycles. The van der Waals surface area contributed by atoms with Crippen LogP contribution in [0.5, 0.6) is 5.75 Å². The van der Waals surface area contributed by atoms with Crippen molar-refractivity contribution < 1.29 is 35.5 Å². The number of aryl methyl sites for hydroxylation is 1. The van der Waals surface area contributed by atoms with Crippen LogP contribution in [0.4, 0.5) is 24.5 Å². The van der Waals surface area contributed by atoms with Gasteiger partial charge in [-0.25, -0.2) is 13.4 Å². The zero-order chi connectivity index (χ0) is 23.7. The van der Waals surface area contributed by atoms with Gasteiger partial charge in [-0.3, -0.25) is 9.52 Å². The molecule has 0 spiro atoms. The highest BCUT2D eigenvalue weighted by Crippen LogP contribution is 2.32. The SMILES string of the molecule is COc1ccc(NC(=O)c2oc(C(F)(F)F)nc2C)cc1S(=O)(=O)Nc1ccc(Br)cc1. The number of oxazole rings is 1. The zero-order valence-corrected chi connectivity index (χ0v) is 18.9. The topological polar surface area (TPSA) is 111 Å². The van der Waals surface area contributed by atoms with E-state index in [0.717, 1.165) is 10.5 Å². The van der Waals surface area contributed by atoms with Crippen molar-refractivity contribution in [2.24, 2.45) is 0 Å². The Kier molecular flexibility index (Phi) is 6.51. The van der Waals surface area contributed by atoms with Gasteiger partial charge in [0.1, 0.15) is 10.6 Å². The van der Waals surface area contributed by atoms with Crippen LogP contribution in [0.2, 0.25) is 0 Å². The van der Waals surface area contributed by atoms with Crippen LogP contribution < -0.4 is 14.8 Å². The molecule has 2 N–H and O–H groups in total. The van der Waals surface area contributed by atoms with Crippen molar-refractivity contribution in [2.75, 3.05) is 17.1 Å². The van der Waals surface area contributed by atoms with E-state index in [1.54, 1.807) is 12.1 Å². The lowest BCUT2D eigenvalue weighted by molar-refractivity contribution is -0.157. The van der Waals surface area contributed by atoms with E-state index in [9.17, 15) is 26.4 Å². The number of sulfonamides is 1. The van der Waals surface area contributed by atoms with Crippen molar-refractivity contribution in [2.45, 2.75) is 18.0 Å². The lowest BCUT2D eigenvalue weighted by atomic mass is 10.3. The van der Waals surface area contributed by atoms with Gasteiger partial charge in [0.05, 0.1) is 12.8 Å². The number of amides is 1. The number of anilines is 2. The smallest absolute Gasteiger partial charge is 0.468 e. The predicted molar refractivity (Wildman–Crippen MR) is 112 cm³/mol. The Morgan fingerprint density at radius 2 is 1.75 bits per heavy atom.